The molecule has 1 saturated heterocycles. The Labute approximate surface area is 125 Å². The standard InChI is InChI=1S/C13H15BrClFN2O/c14-10-1-2-12(16)11(9-10)13(19)18-7-5-17(4-3-15)6-8-18/h1-2,9H,3-8H2. The van der Waals surface area contributed by atoms with E-state index < -0.39 is 5.82 Å². The van der Waals surface area contributed by atoms with Crippen LogP contribution in [0.15, 0.2) is 22.7 Å². The lowest BCUT2D eigenvalue weighted by Crippen LogP contribution is -2.49. The lowest BCUT2D eigenvalue weighted by Gasteiger charge is -2.34. The molecule has 1 amide bonds. The van der Waals surface area contributed by atoms with E-state index in [9.17, 15) is 9.18 Å². The van der Waals surface area contributed by atoms with Crippen molar-refractivity contribution in [1.29, 1.82) is 0 Å². The van der Waals surface area contributed by atoms with E-state index in [-0.39, 0.29) is 11.5 Å². The van der Waals surface area contributed by atoms with E-state index in [2.05, 4.69) is 20.8 Å². The Morgan fingerprint density at radius 2 is 2.00 bits per heavy atom. The third-order valence-corrected chi connectivity index (χ3v) is 3.88. The Morgan fingerprint density at radius 3 is 2.63 bits per heavy atom. The third kappa shape index (κ3) is 3.68. The van der Waals surface area contributed by atoms with Crippen LogP contribution in [0.5, 0.6) is 0 Å². The molecule has 19 heavy (non-hydrogen) atoms. The number of hydrogen-bond acceptors (Lipinski definition) is 2. The number of rotatable bonds is 3. The predicted molar refractivity (Wildman–Crippen MR) is 77.2 cm³/mol. The maximum atomic E-state index is 13.7. The molecule has 0 spiro atoms. The van der Waals surface area contributed by atoms with Crippen LogP contribution in [0.4, 0.5) is 4.39 Å². The van der Waals surface area contributed by atoms with Crippen LogP contribution in [0.2, 0.25) is 0 Å². The first-order valence-corrected chi connectivity index (χ1v) is 7.47. The van der Waals surface area contributed by atoms with Crippen molar-refractivity contribution in [2.75, 3.05) is 38.6 Å². The van der Waals surface area contributed by atoms with Gasteiger partial charge in [-0.1, -0.05) is 15.9 Å². The zero-order chi connectivity index (χ0) is 13.8. The van der Waals surface area contributed by atoms with Crippen molar-refractivity contribution in [2.24, 2.45) is 0 Å². The molecule has 0 unspecified atom stereocenters. The first kappa shape index (κ1) is 14.8. The Morgan fingerprint density at radius 1 is 1.32 bits per heavy atom. The number of carbonyl (C=O) groups excluding carboxylic acids is 1. The van der Waals surface area contributed by atoms with Crippen molar-refractivity contribution >= 4 is 33.4 Å². The summed E-state index contributed by atoms with van der Waals surface area (Å²) < 4.78 is 14.4. The number of amides is 1. The summed E-state index contributed by atoms with van der Waals surface area (Å²) in [5, 5.41) is 0. The summed E-state index contributed by atoms with van der Waals surface area (Å²) in [6.45, 7) is 3.63. The highest BCUT2D eigenvalue weighted by Crippen LogP contribution is 2.18. The molecule has 1 aliphatic heterocycles. The molecule has 1 aliphatic rings. The second-order valence-electron chi connectivity index (χ2n) is 4.45. The fraction of sp³-hybridized carbons (Fsp3) is 0.462. The second-order valence-corrected chi connectivity index (χ2v) is 5.74. The maximum Gasteiger partial charge on any atom is 0.256 e. The van der Waals surface area contributed by atoms with E-state index in [1.54, 1.807) is 11.0 Å². The van der Waals surface area contributed by atoms with Crippen molar-refractivity contribution < 1.29 is 9.18 Å². The number of alkyl halides is 1. The number of piperazine rings is 1. The molecule has 0 radical (unpaired) electrons. The van der Waals surface area contributed by atoms with Gasteiger partial charge in [-0.25, -0.2) is 4.39 Å². The summed E-state index contributed by atoms with van der Waals surface area (Å²) in [6, 6.07) is 4.42. The Kier molecular flexibility index (Phi) is 5.19. The summed E-state index contributed by atoms with van der Waals surface area (Å²) in [5.41, 5.74) is 0.125. The molecule has 6 heteroatoms. The minimum atomic E-state index is -0.476. The lowest BCUT2D eigenvalue weighted by atomic mass is 10.1. The molecule has 0 saturated carbocycles. The highest BCUT2D eigenvalue weighted by Gasteiger charge is 2.23. The molecule has 0 bridgehead atoms. The van der Waals surface area contributed by atoms with E-state index in [1.165, 1.54) is 12.1 Å². The molecule has 104 valence electrons. The smallest absolute Gasteiger partial charge is 0.256 e. The molecule has 0 atom stereocenters. The van der Waals surface area contributed by atoms with Gasteiger partial charge in [0.05, 0.1) is 5.56 Å². The monoisotopic (exact) mass is 348 g/mol. The van der Waals surface area contributed by atoms with Gasteiger partial charge in [-0.2, -0.15) is 0 Å². The largest absolute Gasteiger partial charge is 0.336 e. The Bertz CT molecular complexity index is 464. The average Bonchev–Trinajstić information content (AvgIpc) is 2.42. The van der Waals surface area contributed by atoms with Crippen LogP contribution in [0, 0.1) is 5.82 Å². The van der Waals surface area contributed by atoms with Gasteiger partial charge in [0.15, 0.2) is 0 Å². The van der Waals surface area contributed by atoms with E-state index in [0.717, 1.165) is 19.6 Å². The van der Waals surface area contributed by atoms with Crippen LogP contribution in [-0.4, -0.2) is 54.3 Å². The maximum absolute atomic E-state index is 13.7. The van der Waals surface area contributed by atoms with Gasteiger partial charge in [0.2, 0.25) is 0 Å². The minimum Gasteiger partial charge on any atom is -0.336 e. The quantitative estimate of drug-likeness (QED) is 0.783. The average molecular weight is 350 g/mol. The number of halogens is 3. The summed E-state index contributed by atoms with van der Waals surface area (Å²) in [7, 11) is 0. The molecule has 0 N–H and O–H groups in total. The second kappa shape index (κ2) is 6.68. The fourth-order valence-corrected chi connectivity index (χ4v) is 2.73. The lowest BCUT2D eigenvalue weighted by molar-refractivity contribution is 0.0639. The minimum absolute atomic E-state index is 0.125. The van der Waals surface area contributed by atoms with Crippen molar-refractivity contribution in [2.45, 2.75) is 0 Å². The van der Waals surface area contributed by atoms with Crippen LogP contribution >= 0.6 is 27.5 Å². The number of nitrogens with zero attached hydrogens (tertiary/aromatic N) is 2. The van der Waals surface area contributed by atoms with Gasteiger partial charge in [-0.3, -0.25) is 9.69 Å². The van der Waals surface area contributed by atoms with E-state index in [1.807, 2.05) is 0 Å². The Balaban J connectivity index is 2.03. The first-order chi connectivity index (χ1) is 9.11. The van der Waals surface area contributed by atoms with Crippen LogP contribution < -0.4 is 0 Å². The summed E-state index contributed by atoms with van der Waals surface area (Å²) in [5.74, 6) is -0.130. The van der Waals surface area contributed by atoms with E-state index >= 15 is 0 Å². The van der Waals surface area contributed by atoms with Gasteiger partial charge in [0.25, 0.3) is 5.91 Å². The fourth-order valence-electron chi connectivity index (χ4n) is 2.13. The summed E-state index contributed by atoms with van der Waals surface area (Å²) >= 11 is 8.95. The van der Waals surface area contributed by atoms with Crippen LogP contribution in [0.1, 0.15) is 10.4 Å². The number of carbonyl (C=O) groups is 1. The molecule has 1 aromatic rings. The van der Waals surface area contributed by atoms with Gasteiger partial charge in [0.1, 0.15) is 5.82 Å². The SMILES string of the molecule is O=C(c1cc(Br)ccc1F)N1CCN(CCCl)CC1. The molecular weight excluding hydrogens is 335 g/mol. The first-order valence-electron chi connectivity index (χ1n) is 6.14. The van der Waals surface area contributed by atoms with Crippen molar-refractivity contribution in [3.63, 3.8) is 0 Å². The molecule has 1 fully saturated rings. The topological polar surface area (TPSA) is 23.6 Å². The highest BCUT2D eigenvalue weighted by molar-refractivity contribution is 9.10. The van der Waals surface area contributed by atoms with E-state index in [4.69, 9.17) is 11.6 Å². The summed E-state index contributed by atoms with van der Waals surface area (Å²) in [6.07, 6.45) is 0. The molecule has 1 heterocycles. The molecule has 1 aromatic carbocycles. The molecule has 0 aliphatic carbocycles. The van der Waals surface area contributed by atoms with Gasteiger partial charge >= 0.3 is 0 Å². The van der Waals surface area contributed by atoms with Crippen molar-refractivity contribution in [3.8, 4) is 0 Å². The molecule has 0 aromatic heterocycles. The zero-order valence-electron chi connectivity index (χ0n) is 10.4. The van der Waals surface area contributed by atoms with Crippen molar-refractivity contribution in [3.05, 3.63) is 34.1 Å². The Hall–Kier alpha value is -0.650. The van der Waals surface area contributed by atoms with Crippen LogP contribution in [0.3, 0.4) is 0 Å². The number of hydrogen-bond donors (Lipinski definition) is 0. The molecule has 3 nitrogen and oxygen atoms in total. The van der Waals surface area contributed by atoms with Gasteiger partial charge in [-0.15, -0.1) is 11.6 Å². The van der Waals surface area contributed by atoms with Crippen LogP contribution in [0.25, 0.3) is 0 Å². The van der Waals surface area contributed by atoms with Gasteiger partial charge < -0.3 is 4.90 Å². The normalized spacial score (nSPS) is 16.7. The highest BCUT2D eigenvalue weighted by atomic mass is 79.9. The summed E-state index contributed by atoms with van der Waals surface area (Å²) in [4.78, 5) is 16.2. The number of benzene rings is 1. The predicted octanol–water partition coefficient (Wildman–Crippen LogP) is 2.58. The third-order valence-electron chi connectivity index (χ3n) is 3.22. The van der Waals surface area contributed by atoms with Crippen molar-refractivity contribution in [1.82, 2.24) is 9.80 Å². The van der Waals surface area contributed by atoms with Gasteiger partial charge in [0, 0.05) is 43.1 Å². The molecular formula is C13H15BrClFN2O. The van der Waals surface area contributed by atoms with Crippen LogP contribution in [-0.2, 0) is 0 Å². The zero-order valence-corrected chi connectivity index (χ0v) is 12.8. The van der Waals surface area contributed by atoms with Gasteiger partial charge in [-0.05, 0) is 18.2 Å². The van der Waals surface area contributed by atoms with E-state index in [0.29, 0.717) is 23.4 Å². The molecule has 2 rings (SSSR count).